The predicted molar refractivity (Wildman–Crippen MR) is 81.5 cm³/mol. The largest absolute Gasteiger partial charge is 0.376 e. The number of rotatable bonds is 4. The lowest BCUT2D eigenvalue weighted by atomic mass is 10.1. The fourth-order valence-corrected chi connectivity index (χ4v) is 3.06. The molecule has 1 fully saturated rings. The molecule has 2 aliphatic heterocycles. The normalized spacial score (nSPS) is 22.5. The summed E-state index contributed by atoms with van der Waals surface area (Å²) in [6.45, 7) is 3.56. The standard InChI is InChI=1S/C17H22FNO3/c1-12(22-11-15-4-2-3-9-21-15)17(20)19-8-7-13-5-6-14(18)10-16(13)19/h5-6,10,12,15H,2-4,7-9,11H2,1H3. The minimum Gasteiger partial charge on any atom is -0.376 e. The predicted octanol–water partition coefficient (Wildman–Crippen LogP) is 2.69. The first-order valence-corrected chi connectivity index (χ1v) is 7.98. The second-order valence-electron chi connectivity index (χ2n) is 5.98. The number of halogens is 1. The highest BCUT2D eigenvalue weighted by atomic mass is 19.1. The molecule has 0 aromatic heterocycles. The van der Waals surface area contributed by atoms with Gasteiger partial charge in [-0.2, -0.15) is 0 Å². The van der Waals surface area contributed by atoms with Gasteiger partial charge in [-0.15, -0.1) is 0 Å². The lowest BCUT2D eigenvalue weighted by molar-refractivity contribution is -0.132. The van der Waals surface area contributed by atoms with Crippen molar-refractivity contribution >= 4 is 11.6 Å². The number of fused-ring (bicyclic) bond motifs is 1. The van der Waals surface area contributed by atoms with Gasteiger partial charge in [-0.3, -0.25) is 4.79 Å². The maximum absolute atomic E-state index is 13.4. The number of hydrogen-bond donors (Lipinski definition) is 0. The van der Waals surface area contributed by atoms with Gasteiger partial charge >= 0.3 is 0 Å². The molecule has 3 rings (SSSR count). The van der Waals surface area contributed by atoms with Gasteiger partial charge in [0, 0.05) is 18.8 Å². The van der Waals surface area contributed by atoms with Crippen LogP contribution in [0.2, 0.25) is 0 Å². The van der Waals surface area contributed by atoms with Gasteiger partial charge in [0.1, 0.15) is 11.9 Å². The van der Waals surface area contributed by atoms with Crippen LogP contribution in [0.4, 0.5) is 10.1 Å². The van der Waals surface area contributed by atoms with E-state index >= 15 is 0 Å². The minimum atomic E-state index is -0.542. The van der Waals surface area contributed by atoms with E-state index in [1.165, 1.54) is 12.1 Å². The first-order chi connectivity index (χ1) is 10.6. The molecule has 0 spiro atoms. The number of carbonyl (C=O) groups excluding carboxylic acids is 1. The number of carbonyl (C=O) groups is 1. The lowest BCUT2D eigenvalue weighted by Gasteiger charge is -2.26. The molecule has 0 radical (unpaired) electrons. The molecule has 2 heterocycles. The van der Waals surface area contributed by atoms with Gasteiger partial charge in [-0.1, -0.05) is 6.07 Å². The smallest absolute Gasteiger partial charge is 0.255 e. The van der Waals surface area contributed by atoms with Crippen LogP contribution >= 0.6 is 0 Å². The van der Waals surface area contributed by atoms with E-state index in [9.17, 15) is 9.18 Å². The molecular formula is C17H22FNO3. The maximum Gasteiger partial charge on any atom is 0.255 e. The van der Waals surface area contributed by atoms with Crippen molar-refractivity contribution in [1.29, 1.82) is 0 Å². The zero-order valence-corrected chi connectivity index (χ0v) is 12.9. The van der Waals surface area contributed by atoms with Crippen molar-refractivity contribution in [2.75, 3.05) is 24.7 Å². The summed E-state index contributed by atoms with van der Waals surface area (Å²) in [6, 6.07) is 4.61. The van der Waals surface area contributed by atoms with E-state index in [0.29, 0.717) is 18.8 Å². The summed E-state index contributed by atoms with van der Waals surface area (Å²) in [5, 5.41) is 0. The quantitative estimate of drug-likeness (QED) is 0.858. The summed E-state index contributed by atoms with van der Waals surface area (Å²) in [6.07, 6.45) is 3.54. The van der Waals surface area contributed by atoms with Crippen LogP contribution in [0.1, 0.15) is 31.7 Å². The highest BCUT2D eigenvalue weighted by Crippen LogP contribution is 2.29. The fourth-order valence-electron chi connectivity index (χ4n) is 3.06. The molecule has 1 saturated heterocycles. The van der Waals surface area contributed by atoms with Gasteiger partial charge in [0.25, 0.3) is 5.91 Å². The molecule has 0 bridgehead atoms. The number of ether oxygens (including phenoxy) is 2. The van der Waals surface area contributed by atoms with Gasteiger partial charge in [0.2, 0.25) is 0 Å². The molecule has 1 aromatic carbocycles. The van der Waals surface area contributed by atoms with Crippen LogP contribution in [0.25, 0.3) is 0 Å². The second-order valence-corrected chi connectivity index (χ2v) is 5.98. The monoisotopic (exact) mass is 307 g/mol. The summed E-state index contributed by atoms with van der Waals surface area (Å²) in [7, 11) is 0. The van der Waals surface area contributed by atoms with Crippen molar-refractivity contribution in [3.05, 3.63) is 29.6 Å². The Morgan fingerprint density at radius 3 is 3.14 bits per heavy atom. The highest BCUT2D eigenvalue weighted by molar-refractivity contribution is 5.98. The van der Waals surface area contributed by atoms with E-state index < -0.39 is 6.10 Å². The molecule has 0 N–H and O–H groups in total. The van der Waals surface area contributed by atoms with Crippen LogP contribution in [0, 0.1) is 5.82 Å². The van der Waals surface area contributed by atoms with Gasteiger partial charge < -0.3 is 14.4 Å². The Morgan fingerprint density at radius 1 is 1.50 bits per heavy atom. The van der Waals surface area contributed by atoms with Crippen molar-refractivity contribution < 1.29 is 18.7 Å². The minimum absolute atomic E-state index is 0.0901. The lowest BCUT2D eigenvalue weighted by Crippen LogP contribution is -2.39. The van der Waals surface area contributed by atoms with Gasteiger partial charge in [-0.05, 0) is 50.3 Å². The second kappa shape index (κ2) is 6.75. The van der Waals surface area contributed by atoms with Gasteiger partial charge in [0.15, 0.2) is 0 Å². The third-order valence-electron chi connectivity index (χ3n) is 4.36. The maximum atomic E-state index is 13.4. The Hall–Kier alpha value is -1.46. The zero-order chi connectivity index (χ0) is 15.5. The van der Waals surface area contributed by atoms with Gasteiger partial charge in [0.05, 0.1) is 12.7 Å². The van der Waals surface area contributed by atoms with E-state index in [1.807, 2.05) is 0 Å². The Labute approximate surface area is 130 Å². The highest BCUT2D eigenvalue weighted by Gasteiger charge is 2.29. The van der Waals surface area contributed by atoms with Gasteiger partial charge in [-0.25, -0.2) is 4.39 Å². The third-order valence-corrected chi connectivity index (χ3v) is 4.36. The third kappa shape index (κ3) is 3.31. The molecular weight excluding hydrogens is 285 g/mol. The van der Waals surface area contributed by atoms with Crippen LogP contribution in [0.15, 0.2) is 18.2 Å². The van der Waals surface area contributed by atoms with E-state index in [-0.39, 0.29) is 17.8 Å². The number of amides is 1. The molecule has 2 aliphatic rings. The average Bonchev–Trinajstić information content (AvgIpc) is 2.95. The molecule has 1 aromatic rings. The molecule has 120 valence electrons. The molecule has 1 amide bonds. The summed E-state index contributed by atoms with van der Waals surface area (Å²) in [4.78, 5) is 14.2. The molecule has 2 unspecified atom stereocenters. The molecule has 22 heavy (non-hydrogen) atoms. The van der Waals surface area contributed by atoms with Crippen LogP contribution in [-0.2, 0) is 20.7 Å². The van der Waals surface area contributed by atoms with E-state index in [2.05, 4.69) is 0 Å². The molecule has 0 saturated carbocycles. The Bertz CT molecular complexity index is 543. The van der Waals surface area contributed by atoms with Crippen LogP contribution in [0.5, 0.6) is 0 Å². The SMILES string of the molecule is CC(OCC1CCCCO1)C(=O)N1CCc2ccc(F)cc21. The number of nitrogens with zero attached hydrogens (tertiary/aromatic N) is 1. The van der Waals surface area contributed by atoms with Crippen molar-refractivity contribution in [2.24, 2.45) is 0 Å². The van der Waals surface area contributed by atoms with E-state index in [4.69, 9.17) is 9.47 Å². The van der Waals surface area contributed by atoms with E-state index in [1.54, 1.807) is 17.9 Å². The summed E-state index contributed by atoms with van der Waals surface area (Å²) < 4.78 is 24.7. The topological polar surface area (TPSA) is 38.8 Å². The fraction of sp³-hybridized carbons (Fsp3) is 0.588. The Kier molecular flexibility index (Phi) is 4.74. The zero-order valence-electron chi connectivity index (χ0n) is 12.9. The summed E-state index contributed by atoms with van der Waals surface area (Å²) in [5.74, 6) is -0.428. The van der Waals surface area contributed by atoms with Crippen molar-refractivity contribution in [3.63, 3.8) is 0 Å². The Balaban J connectivity index is 1.58. The summed E-state index contributed by atoms with van der Waals surface area (Å²) in [5.41, 5.74) is 1.69. The first-order valence-electron chi connectivity index (χ1n) is 7.98. The van der Waals surface area contributed by atoms with Crippen molar-refractivity contribution in [3.8, 4) is 0 Å². The molecule has 0 aliphatic carbocycles. The molecule has 2 atom stereocenters. The van der Waals surface area contributed by atoms with Crippen molar-refractivity contribution in [2.45, 2.75) is 44.8 Å². The molecule has 4 nitrogen and oxygen atoms in total. The molecule has 5 heteroatoms. The average molecular weight is 307 g/mol. The van der Waals surface area contributed by atoms with Crippen molar-refractivity contribution in [1.82, 2.24) is 0 Å². The van der Waals surface area contributed by atoms with Crippen LogP contribution in [0.3, 0.4) is 0 Å². The number of benzene rings is 1. The summed E-state index contributed by atoms with van der Waals surface area (Å²) >= 11 is 0. The van der Waals surface area contributed by atoms with Crippen LogP contribution in [-0.4, -0.2) is 37.9 Å². The van der Waals surface area contributed by atoms with Crippen LogP contribution < -0.4 is 4.90 Å². The number of anilines is 1. The first kappa shape index (κ1) is 15.4. The number of hydrogen-bond acceptors (Lipinski definition) is 3. The Morgan fingerprint density at radius 2 is 2.36 bits per heavy atom. The van der Waals surface area contributed by atoms with E-state index in [0.717, 1.165) is 37.9 Å².